The summed E-state index contributed by atoms with van der Waals surface area (Å²) in [5.74, 6) is 0. The van der Waals surface area contributed by atoms with E-state index in [0.29, 0.717) is 10.6 Å². The van der Waals surface area contributed by atoms with Crippen LogP contribution in [0.4, 0.5) is 0 Å². The summed E-state index contributed by atoms with van der Waals surface area (Å²) >= 11 is 11.8. The van der Waals surface area contributed by atoms with Crippen molar-refractivity contribution in [3.8, 4) is 0 Å². The maximum Gasteiger partial charge on any atom is 0.182 e. The van der Waals surface area contributed by atoms with E-state index in [0.717, 1.165) is 0 Å². The highest BCUT2D eigenvalue weighted by atomic mass is 35.5. The smallest absolute Gasteiger partial charge is 0.182 e. The van der Waals surface area contributed by atoms with E-state index in [1.807, 2.05) is 36.4 Å². The maximum atomic E-state index is 13.3. The lowest BCUT2D eigenvalue weighted by Gasteiger charge is -2.17. The topological polar surface area (TPSA) is 17.1 Å². The van der Waals surface area contributed by atoms with Gasteiger partial charge in [-0.05, 0) is 0 Å². The highest BCUT2D eigenvalue weighted by Gasteiger charge is 2.30. The molecule has 18 heavy (non-hydrogen) atoms. The average Bonchev–Trinajstić information content (AvgIpc) is 2.47. The van der Waals surface area contributed by atoms with E-state index in [1.165, 1.54) is 5.54 Å². The number of hydrogen-bond acceptors (Lipinski definition) is 1. The lowest BCUT2D eigenvalue weighted by Crippen LogP contribution is -2.15. The Morgan fingerprint density at radius 2 is 1.28 bits per heavy atom. The van der Waals surface area contributed by atoms with Gasteiger partial charge in [0, 0.05) is 16.1 Å². The summed E-state index contributed by atoms with van der Waals surface area (Å²) < 4.78 is 13.4. The first-order chi connectivity index (χ1) is 8.69. The first kappa shape index (κ1) is 13.4. The predicted octanol–water partition coefficient (Wildman–Crippen LogP) is 4.28. The fraction of sp³-hybridized carbons (Fsp3) is 0. The van der Waals surface area contributed by atoms with Crippen LogP contribution in [0.25, 0.3) is 0 Å². The number of benzene rings is 2. The number of hydrogen-bond donors (Lipinski definition) is 0. The molecule has 0 fully saturated rings. The molecular weight excluding hydrogens is 286 g/mol. The molecule has 2 aromatic carbocycles. The second-order valence-corrected chi connectivity index (χ2v) is 7.33. The van der Waals surface area contributed by atoms with Crippen molar-refractivity contribution < 1.29 is 4.57 Å². The van der Waals surface area contributed by atoms with Gasteiger partial charge in [0.1, 0.15) is 0 Å². The van der Waals surface area contributed by atoms with Crippen molar-refractivity contribution in [2.75, 3.05) is 0 Å². The molecule has 0 heterocycles. The minimum atomic E-state index is -3.02. The van der Waals surface area contributed by atoms with Gasteiger partial charge in [0.25, 0.3) is 0 Å². The van der Waals surface area contributed by atoms with Crippen molar-refractivity contribution in [1.82, 2.24) is 0 Å². The molecule has 0 saturated heterocycles. The molecule has 2 rings (SSSR count). The van der Waals surface area contributed by atoms with Crippen molar-refractivity contribution in [1.29, 1.82) is 0 Å². The molecule has 0 aliphatic rings. The van der Waals surface area contributed by atoms with E-state index in [4.69, 9.17) is 23.2 Å². The zero-order valence-corrected chi connectivity index (χ0v) is 11.9. The molecule has 0 unspecified atom stereocenters. The average molecular weight is 297 g/mol. The molecule has 0 aliphatic heterocycles. The van der Waals surface area contributed by atoms with Gasteiger partial charge in [-0.2, -0.15) is 0 Å². The third kappa shape index (κ3) is 2.40. The van der Waals surface area contributed by atoms with Crippen LogP contribution in [-0.2, 0) is 4.57 Å². The fourth-order valence-corrected chi connectivity index (χ4v) is 4.85. The minimum absolute atomic E-state index is 0.168. The van der Waals surface area contributed by atoms with Gasteiger partial charge in [0.2, 0.25) is 0 Å². The Kier molecular flexibility index (Phi) is 4.29. The van der Waals surface area contributed by atoms with Crippen molar-refractivity contribution in [2.45, 2.75) is 0 Å². The zero-order chi connectivity index (χ0) is 13.0. The number of rotatable bonds is 3. The van der Waals surface area contributed by atoms with Crippen LogP contribution in [-0.4, -0.2) is 0 Å². The molecule has 1 nitrogen and oxygen atoms in total. The zero-order valence-electron chi connectivity index (χ0n) is 9.46. The Hall–Kier alpha value is -1.01. The summed E-state index contributed by atoms with van der Waals surface area (Å²) in [6.45, 7) is 0. The molecule has 0 spiro atoms. The molecule has 4 heteroatoms. The Labute approximate surface area is 116 Å². The highest BCUT2D eigenvalue weighted by Crippen LogP contribution is 2.53. The second-order valence-electron chi connectivity index (χ2n) is 3.71. The van der Waals surface area contributed by atoms with Crippen LogP contribution in [0.15, 0.2) is 71.0 Å². The Balaban J connectivity index is 2.68. The van der Waals surface area contributed by atoms with Crippen LogP contribution in [0.1, 0.15) is 0 Å². The lowest BCUT2D eigenvalue weighted by molar-refractivity contribution is 0.591. The van der Waals surface area contributed by atoms with E-state index in [1.54, 1.807) is 24.3 Å². The molecule has 0 aliphatic carbocycles. The molecule has 0 saturated carbocycles. The summed E-state index contributed by atoms with van der Waals surface area (Å²) in [6.07, 6.45) is 0. The highest BCUT2D eigenvalue weighted by molar-refractivity contribution is 7.84. The van der Waals surface area contributed by atoms with Gasteiger partial charge in [0.05, 0.1) is 4.77 Å². The minimum Gasteiger partial charge on any atom is -0.308 e. The fourth-order valence-electron chi connectivity index (χ4n) is 1.74. The van der Waals surface area contributed by atoms with Crippen LogP contribution in [0.2, 0.25) is 0 Å². The molecule has 92 valence electrons. The van der Waals surface area contributed by atoms with Crippen molar-refractivity contribution in [2.24, 2.45) is 0 Å². The van der Waals surface area contributed by atoms with E-state index in [9.17, 15) is 4.57 Å². The first-order valence-electron chi connectivity index (χ1n) is 5.37. The molecule has 0 amide bonds. The van der Waals surface area contributed by atoms with Crippen molar-refractivity contribution >= 4 is 41.0 Å². The molecular formula is C14H11Cl2OP. The Morgan fingerprint density at radius 3 is 1.61 bits per heavy atom. The molecule has 0 aromatic heterocycles. The van der Waals surface area contributed by atoms with Crippen LogP contribution < -0.4 is 10.6 Å². The maximum absolute atomic E-state index is 13.3. The van der Waals surface area contributed by atoms with Gasteiger partial charge in [-0.25, -0.2) is 0 Å². The largest absolute Gasteiger partial charge is 0.308 e. The summed E-state index contributed by atoms with van der Waals surface area (Å²) in [4.78, 5) is 0. The summed E-state index contributed by atoms with van der Waals surface area (Å²) in [6, 6.07) is 18.3. The van der Waals surface area contributed by atoms with Gasteiger partial charge in [0.15, 0.2) is 7.14 Å². The van der Waals surface area contributed by atoms with E-state index < -0.39 is 7.14 Å². The molecule has 0 atom stereocenters. The van der Waals surface area contributed by atoms with E-state index in [-0.39, 0.29) is 4.77 Å². The second kappa shape index (κ2) is 5.75. The molecule has 2 aromatic rings. The quantitative estimate of drug-likeness (QED) is 0.773. The normalized spacial score (nSPS) is 12.4. The molecule has 0 bridgehead atoms. The lowest BCUT2D eigenvalue weighted by atomic mass is 10.4. The summed E-state index contributed by atoms with van der Waals surface area (Å²) in [5.41, 5.74) is 1.18. The van der Waals surface area contributed by atoms with Gasteiger partial charge in [-0.3, -0.25) is 0 Å². The summed E-state index contributed by atoms with van der Waals surface area (Å²) in [7, 11) is -3.02. The molecule has 0 radical (unpaired) electrons. The van der Waals surface area contributed by atoms with Crippen LogP contribution in [0.5, 0.6) is 0 Å². The third-order valence-electron chi connectivity index (χ3n) is 2.63. The Morgan fingerprint density at radius 1 is 0.889 bits per heavy atom. The van der Waals surface area contributed by atoms with E-state index in [2.05, 4.69) is 0 Å². The SMILES string of the molecule is O=P(/C(Cl)=C\Cl)(c1ccccc1)c1ccccc1. The van der Waals surface area contributed by atoms with Crippen LogP contribution in [0.3, 0.4) is 0 Å². The van der Waals surface area contributed by atoms with Gasteiger partial charge in [-0.1, -0.05) is 83.9 Å². The van der Waals surface area contributed by atoms with Crippen LogP contribution in [0, 0.1) is 0 Å². The predicted molar refractivity (Wildman–Crippen MR) is 79.5 cm³/mol. The van der Waals surface area contributed by atoms with E-state index >= 15 is 0 Å². The third-order valence-corrected chi connectivity index (χ3v) is 6.72. The standard InChI is InChI=1S/C14H11Cl2OP/c15-11-14(16)18(17,12-7-3-1-4-8-12)13-9-5-2-6-10-13/h1-11H/b14-11-. The Bertz CT molecular complexity index is 550. The van der Waals surface area contributed by atoms with Gasteiger partial charge < -0.3 is 4.57 Å². The molecule has 0 N–H and O–H groups in total. The van der Waals surface area contributed by atoms with Crippen molar-refractivity contribution in [3.63, 3.8) is 0 Å². The van der Waals surface area contributed by atoms with Crippen molar-refractivity contribution in [3.05, 3.63) is 71.0 Å². The number of halogens is 2. The monoisotopic (exact) mass is 296 g/mol. The van der Waals surface area contributed by atoms with Crippen LogP contribution >= 0.6 is 30.3 Å². The van der Waals surface area contributed by atoms with Gasteiger partial charge in [-0.15, -0.1) is 0 Å². The van der Waals surface area contributed by atoms with Gasteiger partial charge >= 0.3 is 0 Å². The summed E-state index contributed by atoms with van der Waals surface area (Å²) in [5, 5.41) is 1.36. The first-order valence-corrected chi connectivity index (χ1v) is 7.89.